The molecule has 0 saturated carbocycles. The Balaban J connectivity index is 1.30. The van der Waals surface area contributed by atoms with Gasteiger partial charge in [0.1, 0.15) is 0 Å². The molecule has 0 unspecified atom stereocenters. The van der Waals surface area contributed by atoms with Gasteiger partial charge < -0.3 is 10.1 Å². The molecule has 7 nitrogen and oxygen atoms in total. The van der Waals surface area contributed by atoms with Gasteiger partial charge in [-0.2, -0.15) is 5.10 Å². The third-order valence-corrected chi connectivity index (χ3v) is 4.76. The molecule has 2 aromatic heterocycles. The van der Waals surface area contributed by atoms with E-state index < -0.39 is 0 Å². The zero-order valence-corrected chi connectivity index (χ0v) is 13.5. The van der Waals surface area contributed by atoms with Crippen molar-refractivity contribution >= 4 is 11.7 Å². The summed E-state index contributed by atoms with van der Waals surface area (Å²) < 4.78 is 7.12. The minimum atomic E-state index is 0.0540. The van der Waals surface area contributed by atoms with Crippen molar-refractivity contribution in [3.63, 3.8) is 0 Å². The third kappa shape index (κ3) is 3.18. The van der Waals surface area contributed by atoms with Crippen LogP contribution in [0, 0.1) is 5.92 Å². The van der Waals surface area contributed by atoms with Gasteiger partial charge in [0.25, 0.3) is 0 Å². The lowest BCUT2D eigenvalue weighted by Gasteiger charge is -2.44. The van der Waals surface area contributed by atoms with Crippen LogP contribution in [0.5, 0.6) is 0 Å². The summed E-state index contributed by atoms with van der Waals surface area (Å²) in [5.74, 6) is 0.693. The van der Waals surface area contributed by atoms with Crippen molar-refractivity contribution in [3.8, 4) is 5.69 Å². The Morgan fingerprint density at radius 1 is 1.17 bits per heavy atom. The topological polar surface area (TPSA) is 72.3 Å². The molecule has 4 heterocycles. The van der Waals surface area contributed by atoms with E-state index in [1.165, 1.54) is 0 Å². The molecule has 0 bridgehead atoms. The summed E-state index contributed by atoms with van der Waals surface area (Å²) in [7, 11) is 0. The van der Waals surface area contributed by atoms with E-state index in [1.54, 1.807) is 17.1 Å². The van der Waals surface area contributed by atoms with Crippen LogP contribution in [0.1, 0.15) is 12.8 Å². The van der Waals surface area contributed by atoms with Crippen LogP contribution in [0.15, 0.2) is 36.8 Å². The van der Waals surface area contributed by atoms with E-state index >= 15 is 0 Å². The molecule has 2 saturated heterocycles. The van der Waals surface area contributed by atoms with Gasteiger partial charge >= 0.3 is 0 Å². The SMILES string of the molecule is O=C(Nc1ccn(-c2ccncc2)n1)C1CN(C2CCOCC2)C1. The Labute approximate surface area is 140 Å². The lowest BCUT2D eigenvalue weighted by atomic mass is 9.94. The van der Waals surface area contributed by atoms with Crippen molar-refractivity contribution in [1.82, 2.24) is 19.7 Å². The summed E-state index contributed by atoms with van der Waals surface area (Å²) in [6, 6.07) is 6.13. The first kappa shape index (κ1) is 15.3. The van der Waals surface area contributed by atoms with Gasteiger partial charge in [0, 0.05) is 57.0 Å². The average Bonchev–Trinajstić information content (AvgIpc) is 3.04. The second kappa shape index (κ2) is 6.70. The smallest absolute Gasteiger partial charge is 0.231 e. The highest BCUT2D eigenvalue weighted by atomic mass is 16.5. The fourth-order valence-corrected chi connectivity index (χ4v) is 3.29. The van der Waals surface area contributed by atoms with Crippen molar-refractivity contribution < 1.29 is 9.53 Å². The monoisotopic (exact) mass is 327 g/mol. The molecule has 2 aliphatic heterocycles. The standard InChI is InChI=1S/C17H21N5O2/c23-17(13-11-21(12-13)14-4-9-24-10-5-14)19-16-3-8-22(20-16)15-1-6-18-7-2-15/h1-3,6-8,13-14H,4-5,9-12H2,(H,19,20,23). The highest BCUT2D eigenvalue weighted by molar-refractivity contribution is 5.92. The summed E-state index contributed by atoms with van der Waals surface area (Å²) >= 11 is 0. The summed E-state index contributed by atoms with van der Waals surface area (Å²) in [5, 5.41) is 7.32. The summed E-state index contributed by atoms with van der Waals surface area (Å²) in [5.41, 5.74) is 0.917. The Morgan fingerprint density at radius 3 is 2.67 bits per heavy atom. The molecule has 0 spiro atoms. The van der Waals surface area contributed by atoms with E-state index in [1.807, 2.05) is 24.4 Å². The number of pyridine rings is 1. The van der Waals surface area contributed by atoms with Crippen LogP contribution in [0.4, 0.5) is 5.82 Å². The van der Waals surface area contributed by atoms with Gasteiger partial charge in [-0.25, -0.2) is 4.68 Å². The maximum Gasteiger partial charge on any atom is 0.231 e. The zero-order chi connectivity index (χ0) is 16.4. The van der Waals surface area contributed by atoms with E-state index in [2.05, 4.69) is 20.3 Å². The maximum absolute atomic E-state index is 12.3. The second-order valence-electron chi connectivity index (χ2n) is 6.33. The number of amides is 1. The molecular weight excluding hydrogens is 306 g/mol. The second-order valence-corrected chi connectivity index (χ2v) is 6.33. The van der Waals surface area contributed by atoms with Crippen LogP contribution in [-0.2, 0) is 9.53 Å². The van der Waals surface area contributed by atoms with Gasteiger partial charge in [0.2, 0.25) is 5.91 Å². The van der Waals surface area contributed by atoms with Crippen LogP contribution in [-0.4, -0.2) is 57.9 Å². The lowest BCUT2D eigenvalue weighted by molar-refractivity contribution is -0.127. The molecular formula is C17H21N5O2. The summed E-state index contributed by atoms with van der Waals surface area (Å²) in [6.45, 7) is 3.35. The lowest BCUT2D eigenvalue weighted by Crippen LogP contribution is -2.57. The molecule has 0 aromatic carbocycles. The Morgan fingerprint density at radius 2 is 1.92 bits per heavy atom. The van der Waals surface area contributed by atoms with E-state index in [-0.39, 0.29) is 11.8 Å². The maximum atomic E-state index is 12.3. The van der Waals surface area contributed by atoms with Gasteiger partial charge in [0.15, 0.2) is 5.82 Å². The van der Waals surface area contributed by atoms with Crippen LogP contribution in [0.3, 0.4) is 0 Å². The number of ether oxygens (including phenoxy) is 1. The molecule has 2 aliphatic rings. The van der Waals surface area contributed by atoms with Crippen LogP contribution in [0.2, 0.25) is 0 Å². The third-order valence-electron chi connectivity index (χ3n) is 4.76. The first-order valence-corrected chi connectivity index (χ1v) is 8.38. The van der Waals surface area contributed by atoms with Crippen molar-refractivity contribution in [3.05, 3.63) is 36.8 Å². The minimum Gasteiger partial charge on any atom is -0.381 e. The molecule has 126 valence electrons. The summed E-state index contributed by atoms with van der Waals surface area (Å²) in [6.07, 6.45) is 7.42. The number of rotatable bonds is 4. The van der Waals surface area contributed by atoms with Gasteiger partial charge in [-0.3, -0.25) is 14.7 Å². The van der Waals surface area contributed by atoms with E-state index in [0.717, 1.165) is 44.8 Å². The van der Waals surface area contributed by atoms with Crippen molar-refractivity contribution in [2.75, 3.05) is 31.6 Å². The normalized spacial score (nSPS) is 19.8. The number of hydrogen-bond acceptors (Lipinski definition) is 5. The fraction of sp³-hybridized carbons (Fsp3) is 0.471. The van der Waals surface area contributed by atoms with Gasteiger partial charge in [-0.05, 0) is 25.0 Å². The van der Waals surface area contributed by atoms with Crippen LogP contribution < -0.4 is 5.32 Å². The molecule has 2 fully saturated rings. The Kier molecular flexibility index (Phi) is 4.27. The Bertz CT molecular complexity index is 690. The average molecular weight is 327 g/mol. The first-order valence-electron chi connectivity index (χ1n) is 8.38. The van der Waals surface area contributed by atoms with E-state index in [0.29, 0.717) is 11.9 Å². The molecule has 1 N–H and O–H groups in total. The largest absolute Gasteiger partial charge is 0.381 e. The number of nitrogens with one attached hydrogen (secondary N) is 1. The number of hydrogen-bond donors (Lipinski definition) is 1. The molecule has 2 aromatic rings. The van der Waals surface area contributed by atoms with Crippen LogP contribution in [0.25, 0.3) is 5.69 Å². The van der Waals surface area contributed by atoms with Gasteiger partial charge in [-0.1, -0.05) is 0 Å². The number of aromatic nitrogens is 3. The Hall–Kier alpha value is -2.25. The van der Waals surface area contributed by atoms with Crippen molar-refractivity contribution in [1.29, 1.82) is 0 Å². The van der Waals surface area contributed by atoms with Crippen LogP contribution >= 0.6 is 0 Å². The predicted molar refractivity (Wildman–Crippen MR) is 88.9 cm³/mol. The molecule has 0 aliphatic carbocycles. The highest BCUT2D eigenvalue weighted by Crippen LogP contribution is 2.25. The van der Waals surface area contributed by atoms with Crippen molar-refractivity contribution in [2.45, 2.75) is 18.9 Å². The highest BCUT2D eigenvalue weighted by Gasteiger charge is 2.37. The molecule has 4 rings (SSSR count). The van der Waals surface area contributed by atoms with Crippen molar-refractivity contribution in [2.24, 2.45) is 5.92 Å². The number of anilines is 1. The van der Waals surface area contributed by atoms with E-state index in [4.69, 9.17) is 4.74 Å². The molecule has 1 amide bonds. The number of likely N-dealkylation sites (tertiary alicyclic amines) is 1. The van der Waals surface area contributed by atoms with Gasteiger partial charge in [0.05, 0.1) is 11.6 Å². The number of nitrogens with zero attached hydrogens (tertiary/aromatic N) is 4. The van der Waals surface area contributed by atoms with E-state index in [9.17, 15) is 4.79 Å². The molecule has 7 heteroatoms. The number of carbonyl (C=O) groups is 1. The molecule has 0 atom stereocenters. The van der Waals surface area contributed by atoms with Gasteiger partial charge in [-0.15, -0.1) is 0 Å². The molecule has 0 radical (unpaired) electrons. The zero-order valence-electron chi connectivity index (χ0n) is 13.5. The first-order chi connectivity index (χ1) is 11.8. The summed E-state index contributed by atoms with van der Waals surface area (Å²) in [4.78, 5) is 18.7. The fourth-order valence-electron chi connectivity index (χ4n) is 3.29. The predicted octanol–water partition coefficient (Wildman–Crippen LogP) is 1.32. The quantitative estimate of drug-likeness (QED) is 0.917. The minimum absolute atomic E-state index is 0.0540. The number of carbonyl (C=O) groups excluding carboxylic acids is 1. The molecule has 24 heavy (non-hydrogen) atoms.